The van der Waals surface area contributed by atoms with Crippen LogP contribution in [0.3, 0.4) is 0 Å². The van der Waals surface area contributed by atoms with Crippen molar-refractivity contribution < 1.29 is 63.2 Å². The van der Waals surface area contributed by atoms with E-state index in [4.69, 9.17) is 4.74 Å². The van der Waals surface area contributed by atoms with Gasteiger partial charge in [0.2, 0.25) is 11.6 Å². The van der Waals surface area contributed by atoms with Crippen LogP contribution in [0.25, 0.3) is 0 Å². The fraction of sp³-hybridized carbons (Fsp3) is 0. The molecular weight excluding hydrogens is 982 g/mol. The Morgan fingerprint density at radius 2 is 0.651 bits per heavy atom. The van der Waals surface area contributed by atoms with Crippen molar-refractivity contribution >= 4 is 71.5 Å². The molecule has 226 valence electrons. The SMILES string of the molecule is O=C(c1ccc(Oc2ccc(C(=O)c3c(F)c(F)c(F)c(F)c3F)cc2)cc1)c1c(F)c(F)c(F)c(F)c1F.[I][V]([I])[I]. The molecule has 0 amide bonds. The number of carbonyl (C=O) groups is 2. The molecule has 43 heavy (non-hydrogen) atoms. The molecule has 3 nitrogen and oxygen atoms in total. The van der Waals surface area contributed by atoms with E-state index in [2.05, 4.69) is 59.9 Å². The van der Waals surface area contributed by atoms with Crippen LogP contribution in [0.5, 0.6) is 11.5 Å². The first-order valence-corrected chi connectivity index (χ1v) is 24.4. The predicted octanol–water partition coefficient (Wildman–Crippen LogP) is 9.99. The van der Waals surface area contributed by atoms with Gasteiger partial charge in [-0.05, 0) is 48.5 Å². The number of ether oxygens (including phenoxy) is 1. The van der Waals surface area contributed by atoms with Crippen LogP contribution in [0.4, 0.5) is 43.9 Å². The molecule has 0 unspecified atom stereocenters. The molecule has 0 aliphatic carbocycles. The summed E-state index contributed by atoms with van der Waals surface area (Å²) in [7, 11) is 0. The number of hydrogen-bond acceptors (Lipinski definition) is 3. The molecule has 4 aromatic carbocycles. The van der Waals surface area contributed by atoms with Crippen LogP contribution in [-0.2, 0) is 4.92 Å². The zero-order chi connectivity index (χ0) is 32.3. The zero-order valence-corrected chi connectivity index (χ0v) is 28.1. The van der Waals surface area contributed by atoms with Gasteiger partial charge >= 0.3 is 64.9 Å². The number of rotatable bonds is 6. The van der Waals surface area contributed by atoms with Crippen LogP contribution in [0, 0.1) is 58.2 Å². The molecule has 0 heterocycles. The van der Waals surface area contributed by atoms with Crippen molar-refractivity contribution in [1.82, 2.24) is 0 Å². The summed E-state index contributed by atoms with van der Waals surface area (Å²) in [5, 5.41) is 0. The maximum absolute atomic E-state index is 13.9. The van der Waals surface area contributed by atoms with E-state index in [1.54, 1.807) is 0 Å². The van der Waals surface area contributed by atoms with Crippen LogP contribution in [0.2, 0.25) is 0 Å². The molecule has 0 aliphatic rings. The second-order valence-corrected chi connectivity index (χ2v) is 43.3. The molecular formula is C26H8F10I3O3V. The van der Waals surface area contributed by atoms with E-state index in [0.717, 1.165) is 48.5 Å². The first-order chi connectivity index (χ1) is 20.1. The van der Waals surface area contributed by atoms with E-state index in [9.17, 15) is 53.5 Å². The molecule has 0 radical (unpaired) electrons. The summed E-state index contributed by atoms with van der Waals surface area (Å²) in [6.45, 7) is 0. The van der Waals surface area contributed by atoms with Gasteiger partial charge in [0, 0.05) is 11.1 Å². The van der Waals surface area contributed by atoms with Gasteiger partial charge in [-0.25, -0.2) is 43.9 Å². The van der Waals surface area contributed by atoms with E-state index in [1.165, 1.54) is 0 Å². The second kappa shape index (κ2) is 14.9. The van der Waals surface area contributed by atoms with E-state index >= 15 is 0 Å². The Kier molecular flexibility index (Phi) is 12.3. The van der Waals surface area contributed by atoms with E-state index < -0.39 is 92.0 Å². The molecule has 0 atom stereocenters. The molecule has 0 bridgehead atoms. The quantitative estimate of drug-likeness (QED) is 0.0636. The Labute approximate surface area is 272 Å². The van der Waals surface area contributed by atoms with Gasteiger partial charge in [-0.2, -0.15) is 0 Å². The molecule has 0 aromatic heterocycles. The van der Waals surface area contributed by atoms with Gasteiger partial charge in [0.1, 0.15) is 22.6 Å². The number of carbonyl (C=O) groups excluding carboxylic acids is 2. The summed E-state index contributed by atoms with van der Waals surface area (Å²) in [6, 6.07) is 8.18. The average Bonchev–Trinajstić information content (AvgIpc) is 2.97. The second-order valence-electron chi connectivity index (χ2n) is 7.89. The van der Waals surface area contributed by atoms with Gasteiger partial charge in [-0.15, -0.1) is 0 Å². The van der Waals surface area contributed by atoms with Crippen LogP contribution in [0.1, 0.15) is 31.8 Å². The summed E-state index contributed by atoms with van der Waals surface area (Å²) in [5.74, 6) is -26.3. The van der Waals surface area contributed by atoms with Crippen molar-refractivity contribution in [2.75, 3.05) is 0 Å². The third kappa shape index (κ3) is 7.85. The fourth-order valence-corrected chi connectivity index (χ4v) is 3.38. The number of hydrogen-bond donors (Lipinski definition) is 0. The van der Waals surface area contributed by atoms with Gasteiger partial charge in [-0.1, -0.05) is 0 Å². The Morgan fingerprint density at radius 3 is 0.884 bits per heavy atom. The number of ketones is 2. The summed E-state index contributed by atoms with van der Waals surface area (Å²) in [5.41, 5.74) is -4.24. The van der Waals surface area contributed by atoms with Gasteiger partial charge in [0.05, 0.1) is 0 Å². The zero-order valence-electron chi connectivity index (χ0n) is 20.2. The molecule has 0 saturated carbocycles. The van der Waals surface area contributed by atoms with E-state index in [0.29, 0.717) is 0 Å². The summed E-state index contributed by atoms with van der Waals surface area (Å²) >= 11 is 7.39. The minimum atomic E-state index is -2.43. The normalized spacial score (nSPS) is 10.8. The number of halogens is 13. The van der Waals surface area contributed by atoms with E-state index in [1.807, 2.05) is 0 Å². The predicted molar refractivity (Wildman–Crippen MR) is 154 cm³/mol. The molecule has 0 aliphatic heterocycles. The molecule has 4 aromatic rings. The monoisotopic (exact) mass is 990 g/mol. The summed E-state index contributed by atoms with van der Waals surface area (Å²) in [6.07, 6.45) is 0. The number of benzene rings is 4. The third-order valence-corrected chi connectivity index (χ3v) is 5.34. The van der Waals surface area contributed by atoms with Gasteiger partial charge in [-0.3, -0.25) is 9.59 Å². The van der Waals surface area contributed by atoms with Gasteiger partial charge < -0.3 is 4.74 Å². The first-order valence-electron chi connectivity index (χ1n) is 10.9. The standard InChI is InChI=1S/C26H8F10O3.3HI.V/c27-15-13(16(28)20(32)23(35)19(15)31)25(37)9-1-5-11(6-2-9)39-12-7-3-10(4-8-12)26(38)14-17(29)21(33)24(36)22(34)18(14)30;;;;/h1-8H;3*1H;/q;;;;+3/p-3. The van der Waals surface area contributed by atoms with Crippen LogP contribution >= 0.6 is 59.9 Å². The summed E-state index contributed by atoms with van der Waals surface area (Å²) in [4.78, 5) is 24.5. The van der Waals surface area contributed by atoms with Crippen molar-refractivity contribution in [1.29, 1.82) is 0 Å². The molecule has 0 fully saturated rings. The van der Waals surface area contributed by atoms with Crippen molar-refractivity contribution in [3.05, 3.63) is 129 Å². The van der Waals surface area contributed by atoms with Crippen LogP contribution < -0.4 is 4.74 Å². The Morgan fingerprint density at radius 1 is 0.442 bits per heavy atom. The van der Waals surface area contributed by atoms with Gasteiger partial charge in [0.25, 0.3) is 0 Å². The van der Waals surface area contributed by atoms with Crippen molar-refractivity contribution in [2.45, 2.75) is 0 Å². The Hall–Kier alpha value is -1.91. The Balaban J connectivity index is 0.00000119. The molecule has 0 saturated heterocycles. The van der Waals surface area contributed by atoms with Crippen molar-refractivity contribution in [2.24, 2.45) is 0 Å². The van der Waals surface area contributed by atoms with Gasteiger partial charge in [0.15, 0.2) is 58.1 Å². The maximum atomic E-state index is 13.9. The molecule has 0 spiro atoms. The van der Waals surface area contributed by atoms with Crippen molar-refractivity contribution in [3.63, 3.8) is 0 Å². The van der Waals surface area contributed by atoms with Crippen LogP contribution in [0.15, 0.2) is 48.5 Å². The fourth-order valence-electron chi connectivity index (χ4n) is 3.38. The van der Waals surface area contributed by atoms with Crippen molar-refractivity contribution in [3.8, 4) is 11.5 Å². The van der Waals surface area contributed by atoms with Crippen LogP contribution in [-0.4, -0.2) is 11.6 Å². The topological polar surface area (TPSA) is 43.4 Å². The third-order valence-electron chi connectivity index (χ3n) is 5.34. The minimum absolute atomic E-state index is 0.0252. The molecule has 17 heteroatoms. The first kappa shape index (κ1) is 35.6. The molecule has 0 N–H and O–H groups in total. The molecule has 4 rings (SSSR count). The average molecular weight is 990 g/mol. The van der Waals surface area contributed by atoms with E-state index in [-0.39, 0.29) is 16.4 Å². The summed E-state index contributed by atoms with van der Waals surface area (Å²) < 4.78 is 141. The Bertz CT molecular complexity index is 1540.